The molecule has 0 fully saturated rings. The summed E-state index contributed by atoms with van der Waals surface area (Å²) in [6.07, 6.45) is 3.97. The summed E-state index contributed by atoms with van der Waals surface area (Å²) in [6.45, 7) is 3.71. The number of esters is 1. The van der Waals surface area contributed by atoms with Crippen molar-refractivity contribution in [2.75, 3.05) is 23.9 Å². The SMILES string of the molecule is COC(=O)c1cc(-c2cccnn2)c(C)cc1N.Cc1cc2[nH]c(=O)n(NS(C)(=O)=O)c(=O)c2cc1-c1cccnn1. The summed E-state index contributed by atoms with van der Waals surface area (Å²) < 4.78 is 27.8. The number of hydrogen-bond donors (Lipinski definition) is 3. The van der Waals surface area contributed by atoms with Crippen LogP contribution in [0.25, 0.3) is 33.4 Å². The number of hydrogen-bond acceptors (Lipinski definition) is 11. The highest BCUT2D eigenvalue weighted by atomic mass is 32.2. The monoisotopic (exact) mass is 590 g/mol. The number of carbonyl (C=O) groups excluding carboxylic acids is 1. The van der Waals surface area contributed by atoms with Crippen LogP contribution >= 0.6 is 0 Å². The highest BCUT2D eigenvalue weighted by Crippen LogP contribution is 2.27. The standard InChI is InChI=1S/C14H13N5O4S.C13H13N3O2/c1-8-6-12-10(7-9(8)11-4-3-5-15-17-11)13(20)19(14(21)16-12)18-24(2,22)23;1-8-6-11(14)10(13(17)18-2)7-9(8)12-4-3-5-15-16-12/h3-7,18H,1-2H3,(H,16,21);3-7H,14H2,1-2H3. The third-order valence-electron chi connectivity index (χ3n) is 6.00. The maximum absolute atomic E-state index is 12.5. The molecule has 0 unspecified atom stereocenters. The van der Waals surface area contributed by atoms with E-state index in [9.17, 15) is 22.8 Å². The number of nitrogen functional groups attached to an aromatic ring is 1. The molecule has 0 aliphatic carbocycles. The van der Waals surface area contributed by atoms with Gasteiger partial charge in [-0.15, -0.1) is 0 Å². The topological polar surface area (TPSA) is 205 Å². The van der Waals surface area contributed by atoms with Gasteiger partial charge >= 0.3 is 11.7 Å². The van der Waals surface area contributed by atoms with E-state index in [1.54, 1.807) is 48.7 Å². The average Bonchev–Trinajstić information content (AvgIpc) is 2.95. The molecule has 0 aliphatic heterocycles. The summed E-state index contributed by atoms with van der Waals surface area (Å²) in [5, 5.41) is 15.8. The summed E-state index contributed by atoms with van der Waals surface area (Å²) in [6, 6.07) is 13.7. The number of anilines is 1. The van der Waals surface area contributed by atoms with Crippen LogP contribution in [0.3, 0.4) is 0 Å². The number of rotatable bonds is 5. The predicted molar refractivity (Wildman–Crippen MR) is 157 cm³/mol. The molecule has 14 nitrogen and oxygen atoms in total. The largest absolute Gasteiger partial charge is 0.465 e. The van der Waals surface area contributed by atoms with Gasteiger partial charge in [-0.2, -0.15) is 25.1 Å². The summed E-state index contributed by atoms with van der Waals surface area (Å²) in [5.74, 6) is -0.461. The zero-order chi connectivity index (χ0) is 30.6. The molecule has 5 rings (SSSR count). The second-order valence-corrected chi connectivity index (χ2v) is 10.8. The number of nitrogens with one attached hydrogen (secondary N) is 2. The summed E-state index contributed by atoms with van der Waals surface area (Å²) in [4.78, 5) is 40.4. The van der Waals surface area contributed by atoms with Gasteiger partial charge in [0.15, 0.2) is 0 Å². The molecule has 216 valence electrons. The molecule has 0 aliphatic rings. The molecule has 4 N–H and O–H groups in total. The molecule has 0 spiro atoms. The van der Waals surface area contributed by atoms with Gasteiger partial charge in [-0.05, 0) is 73.5 Å². The molecule has 42 heavy (non-hydrogen) atoms. The Bertz CT molecular complexity index is 2010. The van der Waals surface area contributed by atoms with Crippen LogP contribution in [0.2, 0.25) is 0 Å². The molecular formula is C27H26N8O6S. The normalized spacial score (nSPS) is 11.0. The fourth-order valence-electron chi connectivity index (χ4n) is 4.08. The number of fused-ring (bicyclic) bond motifs is 1. The van der Waals surface area contributed by atoms with Crippen molar-refractivity contribution in [3.63, 3.8) is 0 Å². The van der Waals surface area contributed by atoms with Crippen LogP contribution in [0, 0.1) is 13.8 Å². The van der Waals surface area contributed by atoms with Crippen molar-refractivity contribution in [1.29, 1.82) is 0 Å². The van der Waals surface area contributed by atoms with Gasteiger partial charge in [-0.3, -0.25) is 4.79 Å². The first kappa shape index (κ1) is 29.5. The Morgan fingerprint density at radius 1 is 0.952 bits per heavy atom. The van der Waals surface area contributed by atoms with Crippen molar-refractivity contribution in [3.8, 4) is 22.5 Å². The summed E-state index contributed by atoms with van der Waals surface area (Å²) >= 11 is 0. The Labute approximate surface area is 239 Å². The second kappa shape index (κ2) is 12.0. The van der Waals surface area contributed by atoms with Gasteiger partial charge in [0.2, 0.25) is 10.0 Å². The van der Waals surface area contributed by atoms with Crippen molar-refractivity contribution < 1.29 is 17.9 Å². The number of aromatic amines is 1. The first-order valence-electron chi connectivity index (χ1n) is 12.2. The Kier molecular flexibility index (Phi) is 8.42. The third-order valence-corrected chi connectivity index (χ3v) is 6.51. The Morgan fingerprint density at radius 3 is 2.05 bits per heavy atom. The zero-order valence-corrected chi connectivity index (χ0v) is 23.8. The molecule has 0 amide bonds. The minimum Gasteiger partial charge on any atom is -0.465 e. The van der Waals surface area contributed by atoms with Crippen molar-refractivity contribution >= 4 is 32.6 Å². The van der Waals surface area contributed by atoms with E-state index in [2.05, 4.69) is 25.4 Å². The van der Waals surface area contributed by atoms with Crippen LogP contribution < -0.4 is 21.8 Å². The fourth-order valence-corrected chi connectivity index (χ4v) is 4.58. The first-order valence-corrected chi connectivity index (χ1v) is 14.1. The van der Waals surface area contributed by atoms with Crippen LogP contribution in [-0.2, 0) is 14.8 Å². The van der Waals surface area contributed by atoms with Gasteiger partial charge < -0.3 is 15.5 Å². The highest BCUT2D eigenvalue weighted by molar-refractivity contribution is 7.91. The van der Waals surface area contributed by atoms with Gasteiger partial charge in [0.05, 0.1) is 41.2 Å². The van der Waals surface area contributed by atoms with Crippen molar-refractivity contribution in [1.82, 2.24) is 30.1 Å². The van der Waals surface area contributed by atoms with E-state index in [4.69, 9.17) is 10.5 Å². The van der Waals surface area contributed by atoms with Crippen molar-refractivity contribution in [2.45, 2.75) is 13.8 Å². The zero-order valence-electron chi connectivity index (χ0n) is 22.9. The van der Waals surface area contributed by atoms with Crippen LogP contribution in [0.1, 0.15) is 21.5 Å². The van der Waals surface area contributed by atoms with Crippen LogP contribution in [0.15, 0.2) is 70.5 Å². The molecular weight excluding hydrogens is 564 g/mol. The second-order valence-electron chi connectivity index (χ2n) is 9.11. The van der Waals surface area contributed by atoms with E-state index in [-0.39, 0.29) is 5.39 Å². The van der Waals surface area contributed by atoms with E-state index in [0.29, 0.717) is 38.4 Å². The van der Waals surface area contributed by atoms with Gasteiger partial charge in [-0.1, -0.05) is 0 Å². The lowest BCUT2D eigenvalue weighted by Gasteiger charge is -2.10. The van der Waals surface area contributed by atoms with E-state index in [0.717, 1.165) is 22.9 Å². The van der Waals surface area contributed by atoms with Gasteiger partial charge in [0.1, 0.15) is 0 Å². The quantitative estimate of drug-likeness (QED) is 0.199. The maximum atomic E-state index is 12.5. The predicted octanol–water partition coefficient (Wildman–Crippen LogP) is 1.78. The average molecular weight is 591 g/mol. The number of benzene rings is 2. The lowest BCUT2D eigenvalue weighted by Crippen LogP contribution is -2.43. The van der Waals surface area contributed by atoms with Crippen LogP contribution in [0.4, 0.5) is 5.69 Å². The number of methoxy groups -OCH3 is 1. The molecule has 0 atom stereocenters. The third kappa shape index (κ3) is 6.47. The number of aromatic nitrogens is 6. The Morgan fingerprint density at radius 2 is 1.52 bits per heavy atom. The lowest BCUT2D eigenvalue weighted by molar-refractivity contribution is 0.0602. The van der Waals surface area contributed by atoms with E-state index < -0.39 is 27.2 Å². The minimum atomic E-state index is -3.79. The molecule has 3 heterocycles. The number of H-pyrrole nitrogens is 1. The molecule has 0 radical (unpaired) electrons. The van der Waals surface area contributed by atoms with Gasteiger partial charge in [0, 0.05) is 29.2 Å². The van der Waals surface area contributed by atoms with E-state index >= 15 is 0 Å². The van der Waals surface area contributed by atoms with Crippen LogP contribution in [-0.4, -0.2) is 57.8 Å². The molecule has 2 aromatic carbocycles. The van der Waals surface area contributed by atoms with E-state index in [1.807, 2.05) is 24.7 Å². The fraction of sp³-hybridized carbons (Fsp3) is 0.148. The smallest absolute Gasteiger partial charge is 0.348 e. The summed E-state index contributed by atoms with van der Waals surface area (Å²) in [5.41, 5.74) is 9.65. The first-order chi connectivity index (χ1) is 19.9. The van der Waals surface area contributed by atoms with Gasteiger partial charge in [0.25, 0.3) is 5.56 Å². The number of ether oxygens (including phenoxy) is 1. The van der Waals surface area contributed by atoms with Gasteiger partial charge in [-0.25, -0.2) is 22.8 Å². The number of carbonyl (C=O) groups is 1. The Hall–Kier alpha value is -5.44. The highest BCUT2D eigenvalue weighted by Gasteiger charge is 2.15. The minimum absolute atomic E-state index is 0.150. The molecule has 5 aromatic rings. The number of aryl methyl sites for hydroxylation is 2. The molecule has 3 aromatic heterocycles. The van der Waals surface area contributed by atoms with E-state index in [1.165, 1.54) is 13.3 Å². The molecule has 0 saturated carbocycles. The summed E-state index contributed by atoms with van der Waals surface area (Å²) in [7, 11) is -2.47. The molecule has 0 bridgehead atoms. The van der Waals surface area contributed by atoms with Crippen molar-refractivity contribution in [2.24, 2.45) is 0 Å². The molecule has 15 heteroatoms. The lowest BCUT2D eigenvalue weighted by atomic mass is 10.0. The number of nitrogens with two attached hydrogens (primary N) is 1. The van der Waals surface area contributed by atoms with Crippen molar-refractivity contribution in [3.05, 3.63) is 98.5 Å². The van der Waals surface area contributed by atoms with Crippen LogP contribution in [0.5, 0.6) is 0 Å². The maximum Gasteiger partial charge on any atom is 0.348 e. The Balaban J connectivity index is 0.000000201. The number of nitrogens with zero attached hydrogens (tertiary/aromatic N) is 5. The molecule has 0 saturated heterocycles. The number of sulfonamides is 1.